The largest absolute Gasteiger partial charge is 0.462 e. The third-order valence-corrected chi connectivity index (χ3v) is 14.9. The Labute approximate surface area is 508 Å². The van der Waals surface area contributed by atoms with Crippen LogP contribution in [-0.2, 0) is 19.1 Å². The van der Waals surface area contributed by atoms with Gasteiger partial charge >= 0.3 is 11.9 Å². The van der Waals surface area contributed by atoms with Crippen LogP contribution in [0.4, 0.5) is 0 Å². The summed E-state index contributed by atoms with van der Waals surface area (Å²) in [7, 11) is 0. The van der Waals surface area contributed by atoms with Crippen molar-refractivity contribution in [1.82, 2.24) is 0 Å². The smallest absolute Gasteiger partial charge is 0.306 e. The molecule has 5 heteroatoms. The van der Waals surface area contributed by atoms with Crippen LogP contribution in [0.3, 0.4) is 0 Å². The Morgan fingerprint density at radius 1 is 0.293 bits per heavy atom. The van der Waals surface area contributed by atoms with Crippen molar-refractivity contribution in [3.8, 4) is 0 Å². The van der Waals surface area contributed by atoms with Gasteiger partial charge in [-0.05, 0) is 116 Å². The molecule has 0 rings (SSSR count). The second kappa shape index (κ2) is 71.3. The minimum absolute atomic E-state index is 0.0693. The number of ether oxygens (including phenoxy) is 2. The minimum Gasteiger partial charge on any atom is -0.462 e. The van der Waals surface area contributed by atoms with E-state index in [1.807, 2.05) is 0 Å². The molecule has 0 fully saturated rings. The Hall–Kier alpha value is -3.96. The highest BCUT2D eigenvalue weighted by Crippen LogP contribution is 2.17. The van der Waals surface area contributed by atoms with Crippen molar-refractivity contribution in [2.24, 2.45) is 0 Å². The normalized spacial score (nSPS) is 13.1. The van der Waals surface area contributed by atoms with Gasteiger partial charge in [0.15, 0.2) is 6.10 Å². The van der Waals surface area contributed by atoms with Gasteiger partial charge in [-0.15, -0.1) is 0 Å². The average Bonchev–Trinajstić information content (AvgIpc) is 3.49. The van der Waals surface area contributed by atoms with Crippen molar-refractivity contribution in [3.05, 3.63) is 134 Å². The molecule has 0 radical (unpaired) electrons. The quantitative estimate of drug-likeness (QED) is 0.0373. The molecule has 0 aliphatic heterocycles. The Balaban J connectivity index is 3.51. The van der Waals surface area contributed by atoms with Crippen molar-refractivity contribution >= 4 is 11.9 Å². The predicted molar refractivity (Wildman–Crippen MR) is 361 cm³/mol. The first kappa shape index (κ1) is 78.0. The number of carbonyl (C=O) groups excluding carboxylic acids is 2. The molecule has 0 aromatic carbocycles. The Kier molecular flexibility index (Phi) is 67.9. The molecule has 1 unspecified atom stereocenters. The summed E-state index contributed by atoms with van der Waals surface area (Å²) in [6.07, 6.45) is 106. The fourth-order valence-electron chi connectivity index (χ4n) is 9.76. The molecule has 0 aliphatic carbocycles. The van der Waals surface area contributed by atoms with Crippen molar-refractivity contribution in [2.45, 2.75) is 328 Å². The van der Waals surface area contributed by atoms with E-state index in [0.717, 1.165) is 103 Å². The minimum atomic E-state index is -0.781. The molecular weight excluding hydrogens is 1000 g/mol. The van der Waals surface area contributed by atoms with Crippen LogP contribution >= 0.6 is 0 Å². The summed E-state index contributed by atoms with van der Waals surface area (Å²) in [4.78, 5) is 24.6. The van der Waals surface area contributed by atoms with E-state index in [0.29, 0.717) is 12.8 Å². The summed E-state index contributed by atoms with van der Waals surface area (Å²) in [5.41, 5.74) is 0. The van der Waals surface area contributed by atoms with Crippen LogP contribution in [0.25, 0.3) is 0 Å². The van der Waals surface area contributed by atoms with Gasteiger partial charge in [-0.25, -0.2) is 0 Å². The van der Waals surface area contributed by atoms with E-state index in [1.165, 1.54) is 193 Å². The Bertz CT molecular complexity index is 1670. The summed E-state index contributed by atoms with van der Waals surface area (Å²) >= 11 is 0. The van der Waals surface area contributed by atoms with Crippen LogP contribution in [0.15, 0.2) is 134 Å². The van der Waals surface area contributed by atoms with Gasteiger partial charge in [-0.1, -0.05) is 327 Å². The topological polar surface area (TPSA) is 72.8 Å². The monoisotopic (exact) mass is 1130 g/mol. The van der Waals surface area contributed by atoms with Gasteiger partial charge in [0.05, 0.1) is 6.61 Å². The fraction of sp³-hybridized carbons (Fsp3) is 0.688. The van der Waals surface area contributed by atoms with Gasteiger partial charge in [0.2, 0.25) is 0 Å². The maximum Gasteiger partial charge on any atom is 0.306 e. The first-order chi connectivity index (χ1) is 40.6. The molecule has 82 heavy (non-hydrogen) atoms. The van der Waals surface area contributed by atoms with Crippen molar-refractivity contribution in [3.63, 3.8) is 0 Å². The maximum atomic E-state index is 12.4. The van der Waals surface area contributed by atoms with Gasteiger partial charge in [-0.2, -0.15) is 0 Å². The second-order valence-electron chi connectivity index (χ2n) is 22.9. The summed E-state index contributed by atoms with van der Waals surface area (Å²) in [5, 5.41) is 9.70. The van der Waals surface area contributed by atoms with Crippen LogP contribution < -0.4 is 0 Å². The van der Waals surface area contributed by atoms with E-state index in [2.05, 4.69) is 148 Å². The zero-order valence-electron chi connectivity index (χ0n) is 53.7. The first-order valence-electron chi connectivity index (χ1n) is 34.7. The molecular formula is C77H130O5. The molecule has 1 N–H and O–H groups in total. The fourth-order valence-corrected chi connectivity index (χ4v) is 9.76. The van der Waals surface area contributed by atoms with E-state index in [4.69, 9.17) is 9.47 Å². The Morgan fingerprint density at radius 2 is 0.524 bits per heavy atom. The van der Waals surface area contributed by atoms with Gasteiger partial charge in [0, 0.05) is 12.8 Å². The molecule has 0 aromatic rings. The predicted octanol–water partition coefficient (Wildman–Crippen LogP) is 24.3. The number of allylic oxidation sites excluding steroid dienone is 22. The van der Waals surface area contributed by atoms with Gasteiger partial charge in [0.1, 0.15) is 6.61 Å². The van der Waals surface area contributed by atoms with Crippen LogP contribution in [-0.4, -0.2) is 36.4 Å². The number of carbonyl (C=O) groups is 2. The lowest BCUT2D eigenvalue weighted by Gasteiger charge is -2.15. The summed E-state index contributed by atoms with van der Waals surface area (Å²) in [6, 6.07) is 0. The zero-order valence-corrected chi connectivity index (χ0v) is 53.7. The number of rotatable bonds is 63. The standard InChI is InChI=1S/C77H130O5/c1-3-5-7-9-11-13-15-17-19-21-23-25-27-29-31-32-33-34-35-36-37-38-39-40-41-42-43-44-46-48-50-52-54-56-58-60-62-64-66-68-70-72-77(80)82-75(73-78)74-81-76(79)71-69-67-65-63-61-59-57-55-53-51-49-47-45-30-28-26-24-22-20-18-16-14-12-10-8-6-4-2/h5,7,11,13,16-19,22-25,29,31,33-34,36-37,39-40,42-43,75,78H,3-4,6,8-10,12,14-15,20-21,26-28,30,32,35,38,41,44-74H2,1-2H3/b7-5-,13-11-,18-16-,19-17-,24-22-,25-23-,31-29-,34-33-,37-36-,40-39-,43-42-. The summed E-state index contributed by atoms with van der Waals surface area (Å²) in [5.74, 6) is -0.586. The van der Waals surface area contributed by atoms with Crippen LogP contribution in [0.1, 0.15) is 322 Å². The summed E-state index contributed by atoms with van der Waals surface area (Å²) < 4.78 is 10.8. The second-order valence-corrected chi connectivity index (χ2v) is 22.9. The van der Waals surface area contributed by atoms with Gasteiger partial charge in [0.25, 0.3) is 0 Å². The molecule has 0 spiro atoms. The lowest BCUT2D eigenvalue weighted by Crippen LogP contribution is -2.28. The zero-order chi connectivity index (χ0) is 59.1. The molecule has 0 aliphatic rings. The third-order valence-electron chi connectivity index (χ3n) is 14.9. The van der Waals surface area contributed by atoms with Crippen LogP contribution in [0, 0.1) is 0 Å². The highest BCUT2D eigenvalue weighted by atomic mass is 16.6. The van der Waals surface area contributed by atoms with Crippen molar-refractivity contribution in [1.29, 1.82) is 0 Å². The lowest BCUT2D eigenvalue weighted by atomic mass is 10.0. The highest BCUT2D eigenvalue weighted by molar-refractivity contribution is 5.70. The Morgan fingerprint density at radius 3 is 0.793 bits per heavy atom. The number of hydrogen-bond acceptors (Lipinski definition) is 5. The molecule has 5 nitrogen and oxygen atoms in total. The first-order valence-corrected chi connectivity index (χ1v) is 34.7. The molecule has 0 saturated carbocycles. The number of aliphatic hydroxyl groups is 1. The number of esters is 2. The molecule has 1 atom stereocenters. The molecule has 0 saturated heterocycles. The molecule has 0 aromatic heterocycles. The molecule has 468 valence electrons. The highest BCUT2D eigenvalue weighted by Gasteiger charge is 2.16. The maximum absolute atomic E-state index is 12.4. The van der Waals surface area contributed by atoms with Crippen molar-refractivity contribution < 1.29 is 24.2 Å². The van der Waals surface area contributed by atoms with E-state index in [-0.39, 0.29) is 25.2 Å². The third kappa shape index (κ3) is 68.5. The lowest BCUT2D eigenvalue weighted by molar-refractivity contribution is -0.161. The molecule has 0 bridgehead atoms. The van der Waals surface area contributed by atoms with Gasteiger partial charge < -0.3 is 14.6 Å². The average molecular weight is 1140 g/mol. The number of unbranched alkanes of at least 4 members (excludes halogenated alkanes) is 33. The number of aliphatic hydroxyl groups excluding tert-OH is 1. The SMILES string of the molecule is CC/C=C\C/C=C\C/C=C\C/C=C\C/C=C\C/C=C\C/C=C\C/C=C\C/C=C\CCCCCCCCCCCCCCCC(=O)OC(CO)COC(=O)CCCCCCCCCCCCCCCCC/C=C\C/C=C\CCCCCCC. The van der Waals surface area contributed by atoms with Crippen molar-refractivity contribution in [2.75, 3.05) is 13.2 Å². The van der Waals surface area contributed by atoms with Gasteiger partial charge in [-0.3, -0.25) is 9.59 Å². The molecule has 0 amide bonds. The van der Waals surface area contributed by atoms with Crippen LogP contribution in [0.5, 0.6) is 0 Å². The van der Waals surface area contributed by atoms with E-state index < -0.39 is 6.10 Å². The summed E-state index contributed by atoms with van der Waals surface area (Å²) in [6.45, 7) is 4.04. The molecule has 0 heterocycles. The van der Waals surface area contributed by atoms with E-state index >= 15 is 0 Å². The van der Waals surface area contributed by atoms with E-state index in [9.17, 15) is 14.7 Å². The van der Waals surface area contributed by atoms with Crippen LogP contribution in [0.2, 0.25) is 0 Å². The van der Waals surface area contributed by atoms with E-state index in [1.54, 1.807) is 0 Å². The number of hydrogen-bond donors (Lipinski definition) is 1.